The third-order valence-electron chi connectivity index (χ3n) is 6.99. The van der Waals surface area contributed by atoms with Crippen LogP contribution in [0.5, 0.6) is 0 Å². The van der Waals surface area contributed by atoms with Gasteiger partial charge in [0.25, 0.3) is 0 Å². The molecule has 2 aromatic heterocycles. The summed E-state index contributed by atoms with van der Waals surface area (Å²) in [4.78, 5) is 17.4. The predicted molar refractivity (Wildman–Crippen MR) is 135 cm³/mol. The highest BCUT2D eigenvalue weighted by atomic mass is 32.2. The summed E-state index contributed by atoms with van der Waals surface area (Å²) in [5.74, 6) is 1.24. The predicted octanol–water partition coefficient (Wildman–Crippen LogP) is 3.39. The molecule has 7 nitrogen and oxygen atoms in total. The van der Waals surface area contributed by atoms with Crippen molar-refractivity contribution in [1.29, 1.82) is 0 Å². The number of rotatable bonds is 7. The van der Waals surface area contributed by atoms with Crippen molar-refractivity contribution in [2.75, 3.05) is 31.9 Å². The number of hydrogen-bond acceptors (Lipinski definition) is 4. The summed E-state index contributed by atoms with van der Waals surface area (Å²) >= 11 is 0. The van der Waals surface area contributed by atoms with Crippen molar-refractivity contribution in [1.82, 2.24) is 24.1 Å². The maximum Gasteiger partial charge on any atom is 0.235 e. The Morgan fingerprint density at radius 2 is 1.65 bits per heavy atom. The van der Waals surface area contributed by atoms with E-state index in [0.29, 0.717) is 11.8 Å². The number of carbonyl (C=O) groups excluding carboxylic acids is 1. The van der Waals surface area contributed by atoms with Crippen molar-refractivity contribution in [3.8, 4) is 11.5 Å². The Bertz CT molecular complexity index is 1100. The van der Waals surface area contributed by atoms with Crippen molar-refractivity contribution >= 4 is 16.7 Å². The molecule has 8 heteroatoms. The smallest absolute Gasteiger partial charge is 0.235 e. The van der Waals surface area contributed by atoms with Crippen molar-refractivity contribution in [3.05, 3.63) is 66.6 Å². The van der Waals surface area contributed by atoms with Gasteiger partial charge in [-0.25, -0.2) is 4.68 Å². The SMILES string of the molecule is O=C(C[S@](=O)Cc1cnn(-c2ccccc2)c1-n1cccc1)N1CCC(N2CCCCC2)CC1. The maximum atomic E-state index is 13.1. The highest BCUT2D eigenvalue weighted by Gasteiger charge is 2.28. The Balaban J connectivity index is 1.22. The zero-order chi connectivity index (χ0) is 23.3. The van der Waals surface area contributed by atoms with Gasteiger partial charge in [-0.15, -0.1) is 0 Å². The van der Waals surface area contributed by atoms with Crippen LogP contribution in [0.3, 0.4) is 0 Å². The molecule has 0 aliphatic carbocycles. The molecule has 0 radical (unpaired) electrons. The second-order valence-corrected chi connectivity index (χ2v) is 10.7. The second-order valence-electron chi connectivity index (χ2n) is 9.27. The third-order valence-corrected chi connectivity index (χ3v) is 8.19. The van der Waals surface area contributed by atoms with Crippen molar-refractivity contribution in [2.45, 2.75) is 43.9 Å². The average Bonchev–Trinajstić information content (AvgIpc) is 3.55. The van der Waals surface area contributed by atoms with Gasteiger partial charge in [-0.3, -0.25) is 9.00 Å². The first-order valence-corrected chi connectivity index (χ1v) is 13.8. The van der Waals surface area contributed by atoms with Gasteiger partial charge in [0.1, 0.15) is 11.6 Å². The summed E-state index contributed by atoms with van der Waals surface area (Å²) in [6.45, 7) is 3.95. The lowest BCUT2D eigenvalue weighted by atomic mass is 10.00. The fraction of sp³-hybridized carbons (Fsp3) is 0.462. The van der Waals surface area contributed by atoms with Crippen LogP contribution in [0.4, 0.5) is 0 Å². The van der Waals surface area contributed by atoms with Crippen LogP contribution in [0.15, 0.2) is 61.1 Å². The van der Waals surface area contributed by atoms with E-state index in [9.17, 15) is 9.00 Å². The number of piperidine rings is 2. The Morgan fingerprint density at radius 3 is 2.35 bits per heavy atom. The molecule has 0 saturated carbocycles. The largest absolute Gasteiger partial charge is 0.342 e. The lowest BCUT2D eigenvalue weighted by molar-refractivity contribution is -0.130. The summed E-state index contributed by atoms with van der Waals surface area (Å²) in [6.07, 6.45) is 11.7. The molecule has 0 bridgehead atoms. The van der Waals surface area contributed by atoms with E-state index >= 15 is 0 Å². The topological polar surface area (TPSA) is 63.4 Å². The standard InChI is InChI=1S/C26H33N5O2S/c32-25(29-17-11-23(12-18-29)28-13-5-2-6-14-28)21-34(33)20-22-19-27-31(24-9-3-1-4-10-24)26(22)30-15-7-8-16-30/h1,3-4,7-10,15-16,19,23H,2,5-6,11-14,17-18,20-21H2/t34-/m1/s1. The highest BCUT2D eigenvalue weighted by molar-refractivity contribution is 7.84. The van der Waals surface area contributed by atoms with E-state index < -0.39 is 10.8 Å². The number of para-hydroxylation sites is 1. The summed E-state index contributed by atoms with van der Waals surface area (Å²) in [5, 5.41) is 4.58. The number of benzene rings is 1. The third kappa shape index (κ3) is 5.18. The van der Waals surface area contributed by atoms with Gasteiger partial charge in [0.15, 0.2) is 0 Å². The average molecular weight is 480 g/mol. The van der Waals surface area contributed by atoms with E-state index in [4.69, 9.17) is 0 Å². The summed E-state index contributed by atoms with van der Waals surface area (Å²) in [6, 6.07) is 14.4. The number of hydrogen-bond donors (Lipinski definition) is 0. The Hall–Kier alpha value is -2.71. The van der Waals surface area contributed by atoms with Crippen LogP contribution >= 0.6 is 0 Å². The quantitative estimate of drug-likeness (QED) is 0.521. The number of carbonyl (C=O) groups is 1. The molecule has 180 valence electrons. The number of amides is 1. The molecule has 34 heavy (non-hydrogen) atoms. The minimum Gasteiger partial charge on any atom is -0.342 e. The molecule has 2 aliphatic rings. The Kier molecular flexibility index (Phi) is 7.25. The van der Waals surface area contributed by atoms with Crippen molar-refractivity contribution in [2.24, 2.45) is 0 Å². The molecule has 0 spiro atoms. The molecular formula is C26H33N5O2S. The van der Waals surface area contributed by atoms with E-state index in [1.54, 1.807) is 6.20 Å². The van der Waals surface area contributed by atoms with Crippen LogP contribution < -0.4 is 0 Å². The first kappa shape index (κ1) is 23.1. The van der Waals surface area contributed by atoms with Crippen LogP contribution in [0, 0.1) is 0 Å². The van der Waals surface area contributed by atoms with Gasteiger partial charge in [-0.05, 0) is 63.0 Å². The molecule has 3 aromatic rings. The Morgan fingerprint density at radius 1 is 0.941 bits per heavy atom. The molecule has 0 unspecified atom stereocenters. The molecular weight excluding hydrogens is 446 g/mol. The van der Waals surface area contributed by atoms with Gasteiger partial charge in [-0.2, -0.15) is 5.10 Å². The Labute approximate surface area is 203 Å². The number of nitrogens with zero attached hydrogens (tertiary/aromatic N) is 5. The lowest BCUT2D eigenvalue weighted by Crippen LogP contribution is -2.49. The van der Waals surface area contributed by atoms with Crippen molar-refractivity contribution < 1.29 is 9.00 Å². The molecule has 2 aliphatic heterocycles. The normalized spacial score (nSPS) is 18.8. The van der Waals surface area contributed by atoms with Gasteiger partial charge in [0.2, 0.25) is 5.91 Å². The minimum absolute atomic E-state index is 0.00777. The first-order chi connectivity index (χ1) is 16.7. The minimum atomic E-state index is -1.30. The van der Waals surface area contributed by atoms with Gasteiger partial charge in [-0.1, -0.05) is 24.6 Å². The molecule has 1 aromatic carbocycles. The zero-order valence-electron chi connectivity index (χ0n) is 19.6. The summed E-state index contributed by atoms with van der Waals surface area (Å²) in [5.41, 5.74) is 1.81. The number of aromatic nitrogens is 3. The molecule has 5 rings (SSSR count). The first-order valence-electron chi connectivity index (χ1n) is 12.3. The molecule has 2 saturated heterocycles. The van der Waals surface area contributed by atoms with Gasteiger partial charge in [0, 0.05) is 47.9 Å². The highest BCUT2D eigenvalue weighted by Crippen LogP contribution is 2.23. The molecule has 1 amide bonds. The molecule has 4 heterocycles. The summed E-state index contributed by atoms with van der Waals surface area (Å²) < 4.78 is 16.9. The van der Waals surface area contributed by atoms with Gasteiger partial charge in [0.05, 0.1) is 17.6 Å². The fourth-order valence-corrected chi connectivity index (χ4v) is 6.31. The summed E-state index contributed by atoms with van der Waals surface area (Å²) in [7, 11) is -1.30. The fourth-order valence-electron chi connectivity index (χ4n) is 5.20. The number of likely N-dealkylation sites (tertiary alicyclic amines) is 2. The monoisotopic (exact) mass is 479 g/mol. The van der Waals surface area contributed by atoms with E-state index in [-0.39, 0.29) is 11.7 Å². The van der Waals surface area contributed by atoms with E-state index in [0.717, 1.165) is 43.0 Å². The van der Waals surface area contributed by atoms with Crippen LogP contribution in [-0.4, -0.2) is 72.2 Å². The van der Waals surface area contributed by atoms with Crippen molar-refractivity contribution in [3.63, 3.8) is 0 Å². The van der Waals surface area contributed by atoms with E-state index in [2.05, 4.69) is 10.00 Å². The van der Waals surface area contributed by atoms with Crippen LogP contribution in [-0.2, 0) is 21.3 Å². The van der Waals surface area contributed by atoms with Crippen LogP contribution in [0.25, 0.3) is 11.5 Å². The van der Waals surface area contributed by atoms with Crippen LogP contribution in [0.1, 0.15) is 37.7 Å². The van der Waals surface area contributed by atoms with Crippen LogP contribution in [0.2, 0.25) is 0 Å². The lowest BCUT2D eigenvalue weighted by Gasteiger charge is -2.40. The second kappa shape index (κ2) is 10.7. The van der Waals surface area contributed by atoms with E-state index in [1.165, 1.54) is 32.4 Å². The molecule has 0 N–H and O–H groups in total. The maximum absolute atomic E-state index is 13.1. The molecule has 1 atom stereocenters. The van der Waals surface area contributed by atoms with Gasteiger partial charge >= 0.3 is 0 Å². The van der Waals surface area contributed by atoms with E-state index in [1.807, 2.05) is 69.0 Å². The zero-order valence-corrected chi connectivity index (χ0v) is 20.4. The molecule has 2 fully saturated rings. The van der Waals surface area contributed by atoms with Gasteiger partial charge < -0.3 is 14.4 Å².